The molecule has 0 aliphatic carbocycles. The van der Waals surface area contributed by atoms with Crippen LogP contribution in [0.4, 0.5) is 0 Å². The van der Waals surface area contributed by atoms with Crippen molar-refractivity contribution in [2.24, 2.45) is 0 Å². The first-order valence-corrected chi connectivity index (χ1v) is 8.59. The first kappa shape index (κ1) is 15.5. The zero-order valence-corrected chi connectivity index (χ0v) is 14.0. The number of benzene rings is 3. The van der Waals surface area contributed by atoms with Crippen molar-refractivity contribution in [3.8, 4) is 11.3 Å². The fraction of sp³-hybridized carbons (Fsp3) is 0.0455. The molecule has 1 heterocycles. The lowest BCUT2D eigenvalue weighted by Crippen LogP contribution is -2.26. The Labute approximate surface area is 148 Å². The summed E-state index contributed by atoms with van der Waals surface area (Å²) in [4.78, 5) is 8.12. The lowest BCUT2D eigenvalue weighted by Gasteiger charge is -2.16. The fourth-order valence-corrected chi connectivity index (χ4v) is 3.22. The van der Waals surface area contributed by atoms with Crippen molar-refractivity contribution in [3.63, 3.8) is 0 Å². The molecule has 0 unspecified atom stereocenters. The minimum Gasteiger partial charge on any atom is -0.350 e. The van der Waals surface area contributed by atoms with Gasteiger partial charge in [0.25, 0.3) is 0 Å². The molecule has 0 aliphatic rings. The topological polar surface area (TPSA) is 28.7 Å². The molecule has 0 bridgehead atoms. The molecule has 120 valence electrons. The first-order chi connectivity index (χ1) is 12.4. The van der Waals surface area contributed by atoms with Gasteiger partial charge in [-0.05, 0) is 22.5 Å². The van der Waals surface area contributed by atoms with Crippen molar-refractivity contribution in [3.05, 3.63) is 108 Å². The molecule has 0 saturated heterocycles. The second-order valence-corrected chi connectivity index (χ2v) is 6.19. The maximum absolute atomic E-state index is 4.63. The summed E-state index contributed by atoms with van der Waals surface area (Å²) in [6, 6.07) is 31.6. The molecule has 0 spiro atoms. The van der Waals surface area contributed by atoms with E-state index in [2.05, 4.69) is 82.8 Å². The van der Waals surface area contributed by atoms with Gasteiger partial charge in [0.15, 0.2) is 0 Å². The average molecular weight is 322 g/mol. The Bertz CT molecular complexity index is 878. The van der Waals surface area contributed by atoms with Crippen LogP contribution in [-0.2, 0) is 0 Å². The molecule has 0 amide bonds. The number of hydrogen-bond donors (Lipinski definition) is 1. The zero-order chi connectivity index (χ0) is 16.9. The highest BCUT2D eigenvalue weighted by molar-refractivity contribution is 6.54. The van der Waals surface area contributed by atoms with Gasteiger partial charge in [-0.1, -0.05) is 91.0 Å². The van der Waals surface area contributed by atoms with Gasteiger partial charge in [0, 0.05) is 0 Å². The number of H-pyrrole nitrogens is 1. The van der Waals surface area contributed by atoms with E-state index in [0.717, 1.165) is 24.3 Å². The molecule has 0 aliphatic heterocycles. The molecule has 0 radical (unpaired) electrons. The van der Waals surface area contributed by atoms with E-state index >= 15 is 0 Å². The predicted molar refractivity (Wildman–Crippen MR) is 106 cm³/mol. The smallest absolute Gasteiger partial charge is 0.216 e. The first-order valence-electron chi connectivity index (χ1n) is 8.59. The number of imidazole rings is 1. The molecule has 4 rings (SSSR count). The van der Waals surface area contributed by atoms with Gasteiger partial charge < -0.3 is 4.98 Å². The van der Waals surface area contributed by atoms with E-state index in [1.807, 2.05) is 24.4 Å². The SMILES string of the molecule is B(c1ncc(-c2ccccc2)[nH]1)C(c1ccccc1)c1ccccc1. The number of hydrogen-bond acceptors (Lipinski definition) is 1. The number of aromatic amines is 1. The summed E-state index contributed by atoms with van der Waals surface area (Å²) in [6.07, 6.45) is 1.93. The second kappa shape index (κ2) is 7.22. The van der Waals surface area contributed by atoms with Crippen LogP contribution in [0.25, 0.3) is 11.3 Å². The molecule has 0 fully saturated rings. The van der Waals surface area contributed by atoms with Gasteiger partial charge in [-0.3, -0.25) is 4.98 Å². The summed E-state index contributed by atoms with van der Waals surface area (Å²) in [6.45, 7) is 0. The van der Waals surface area contributed by atoms with Gasteiger partial charge >= 0.3 is 0 Å². The summed E-state index contributed by atoms with van der Waals surface area (Å²) in [7, 11) is 0.848. The summed E-state index contributed by atoms with van der Waals surface area (Å²) >= 11 is 0. The standard InChI is InChI=1S/C22H19BN2/c1-4-10-17(11-5-1)20-16-24-22(25-20)23-21(18-12-6-2-7-13-18)19-14-8-3-9-15-19/h1-16,21,23H,(H,24,25). The largest absolute Gasteiger partial charge is 0.350 e. The normalized spacial score (nSPS) is 10.8. The Morgan fingerprint density at radius 2 is 1.20 bits per heavy atom. The highest BCUT2D eigenvalue weighted by atomic mass is 14.9. The Hall–Kier alpha value is -3.07. The van der Waals surface area contributed by atoms with Crippen LogP contribution < -0.4 is 5.72 Å². The van der Waals surface area contributed by atoms with Crippen LogP contribution in [0.3, 0.4) is 0 Å². The van der Waals surface area contributed by atoms with Crippen LogP contribution in [0.15, 0.2) is 97.2 Å². The van der Waals surface area contributed by atoms with Crippen LogP contribution in [-0.4, -0.2) is 17.2 Å². The van der Waals surface area contributed by atoms with Crippen LogP contribution in [0.5, 0.6) is 0 Å². The second-order valence-electron chi connectivity index (χ2n) is 6.19. The minimum absolute atomic E-state index is 0.289. The third kappa shape index (κ3) is 3.56. The van der Waals surface area contributed by atoms with Gasteiger partial charge in [0.2, 0.25) is 7.28 Å². The van der Waals surface area contributed by atoms with Gasteiger partial charge in [0.1, 0.15) is 0 Å². The number of nitrogens with zero attached hydrogens (tertiary/aromatic N) is 1. The molecule has 3 aromatic carbocycles. The van der Waals surface area contributed by atoms with Crippen LogP contribution in [0.2, 0.25) is 0 Å². The molecule has 2 nitrogen and oxygen atoms in total. The van der Waals surface area contributed by atoms with Gasteiger partial charge in [-0.15, -0.1) is 0 Å². The van der Waals surface area contributed by atoms with E-state index in [-0.39, 0.29) is 5.82 Å². The number of aromatic nitrogens is 2. The van der Waals surface area contributed by atoms with Crippen molar-refractivity contribution >= 4 is 13.0 Å². The zero-order valence-electron chi connectivity index (χ0n) is 14.0. The Morgan fingerprint density at radius 1 is 0.680 bits per heavy atom. The molecule has 3 heteroatoms. The number of nitrogens with one attached hydrogen (secondary N) is 1. The Kier molecular flexibility index (Phi) is 4.47. The molecule has 0 atom stereocenters. The summed E-state index contributed by atoms with van der Waals surface area (Å²) in [5.74, 6) is 0.289. The maximum atomic E-state index is 4.63. The average Bonchev–Trinajstić information content (AvgIpc) is 3.17. The summed E-state index contributed by atoms with van der Waals surface area (Å²) in [5, 5.41) is 0. The Balaban J connectivity index is 1.65. The lowest BCUT2D eigenvalue weighted by molar-refractivity contribution is 1.12. The summed E-state index contributed by atoms with van der Waals surface area (Å²) < 4.78 is 0. The van der Waals surface area contributed by atoms with Crippen LogP contribution in [0, 0.1) is 0 Å². The fourth-order valence-electron chi connectivity index (χ4n) is 3.22. The lowest BCUT2D eigenvalue weighted by atomic mass is 9.58. The van der Waals surface area contributed by atoms with Crippen LogP contribution in [0.1, 0.15) is 16.9 Å². The number of rotatable bonds is 5. The van der Waals surface area contributed by atoms with Crippen molar-refractivity contribution in [2.75, 3.05) is 0 Å². The molecule has 1 aromatic heterocycles. The third-order valence-electron chi connectivity index (χ3n) is 4.51. The van der Waals surface area contributed by atoms with Crippen molar-refractivity contribution in [1.82, 2.24) is 9.97 Å². The minimum atomic E-state index is 0.289. The summed E-state index contributed by atoms with van der Waals surface area (Å²) in [5.41, 5.74) is 5.86. The highest BCUT2D eigenvalue weighted by Gasteiger charge is 2.18. The molecule has 0 saturated carbocycles. The molecule has 4 aromatic rings. The Morgan fingerprint density at radius 3 is 1.76 bits per heavy atom. The highest BCUT2D eigenvalue weighted by Crippen LogP contribution is 2.23. The van der Waals surface area contributed by atoms with Gasteiger partial charge in [0.05, 0.1) is 17.6 Å². The van der Waals surface area contributed by atoms with E-state index in [4.69, 9.17) is 0 Å². The predicted octanol–water partition coefficient (Wildman–Crippen LogP) is 3.93. The van der Waals surface area contributed by atoms with Gasteiger partial charge in [-0.2, -0.15) is 0 Å². The van der Waals surface area contributed by atoms with E-state index < -0.39 is 0 Å². The quantitative estimate of drug-likeness (QED) is 0.554. The third-order valence-corrected chi connectivity index (χ3v) is 4.51. The molecule has 1 N–H and O–H groups in total. The monoisotopic (exact) mass is 322 g/mol. The maximum Gasteiger partial charge on any atom is 0.216 e. The molecular formula is C22H19BN2. The molecule has 25 heavy (non-hydrogen) atoms. The van der Waals surface area contributed by atoms with E-state index in [1.54, 1.807) is 0 Å². The van der Waals surface area contributed by atoms with Crippen molar-refractivity contribution in [1.29, 1.82) is 0 Å². The molecular weight excluding hydrogens is 303 g/mol. The van der Waals surface area contributed by atoms with E-state index in [9.17, 15) is 0 Å². The van der Waals surface area contributed by atoms with Crippen LogP contribution >= 0.6 is 0 Å². The van der Waals surface area contributed by atoms with E-state index in [1.165, 1.54) is 11.1 Å². The van der Waals surface area contributed by atoms with Gasteiger partial charge in [-0.25, -0.2) is 0 Å². The van der Waals surface area contributed by atoms with Crippen molar-refractivity contribution < 1.29 is 0 Å². The van der Waals surface area contributed by atoms with Crippen molar-refractivity contribution in [2.45, 2.75) is 5.82 Å². The van der Waals surface area contributed by atoms with E-state index in [0.29, 0.717) is 0 Å².